The molecule has 2 saturated heterocycles. The Morgan fingerprint density at radius 2 is 2.05 bits per heavy atom. The number of hydrogen-bond acceptors (Lipinski definition) is 6. The largest absolute Gasteiger partial charge is 0.460 e. The molecular weight excluding hydrogens is 284 g/mol. The molecule has 1 aliphatic carbocycles. The molecule has 0 radical (unpaired) electrons. The standard InChI is InChI=1S/C15H18N4O3/c1-8-11-12(22-11)14(20-8)19-7-17-10-6-16-15(18-13(10)19)21-9-4-2-3-5-9/h6-9,11-12,14H,2-5H2,1H3/t8-,11-,12-,14-/m1/s1. The second-order valence-corrected chi connectivity index (χ2v) is 6.33. The third-order valence-corrected chi connectivity index (χ3v) is 4.80. The molecule has 2 aromatic heterocycles. The molecule has 4 atom stereocenters. The van der Waals surface area contributed by atoms with Gasteiger partial charge in [0, 0.05) is 0 Å². The number of epoxide rings is 1. The van der Waals surface area contributed by atoms with Gasteiger partial charge in [0.25, 0.3) is 0 Å². The Morgan fingerprint density at radius 3 is 2.77 bits per heavy atom. The number of rotatable bonds is 3. The second-order valence-electron chi connectivity index (χ2n) is 6.33. The fraction of sp³-hybridized carbons (Fsp3) is 0.667. The SMILES string of the molecule is C[C@H]1O[C@@H](n2cnc3cnc(OC4CCCC4)nc32)[C@@H]2O[C@@H]21. The van der Waals surface area contributed by atoms with Gasteiger partial charge in [0.15, 0.2) is 11.9 Å². The third kappa shape index (κ3) is 1.92. The van der Waals surface area contributed by atoms with Crippen molar-refractivity contribution in [3.05, 3.63) is 12.5 Å². The quantitative estimate of drug-likeness (QED) is 0.805. The lowest BCUT2D eigenvalue weighted by atomic mass is 10.2. The smallest absolute Gasteiger partial charge is 0.318 e. The van der Waals surface area contributed by atoms with Gasteiger partial charge >= 0.3 is 6.01 Å². The van der Waals surface area contributed by atoms with E-state index < -0.39 is 0 Å². The van der Waals surface area contributed by atoms with E-state index in [9.17, 15) is 0 Å². The molecular formula is C15H18N4O3. The third-order valence-electron chi connectivity index (χ3n) is 4.80. The van der Waals surface area contributed by atoms with Gasteiger partial charge in [0.05, 0.1) is 18.6 Å². The summed E-state index contributed by atoms with van der Waals surface area (Å²) in [6, 6.07) is 0.431. The summed E-state index contributed by atoms with van der Waals surface area (Å²) in [7, 11) is 0. The first kappa shape index (κ1) is 12.8. The van der Waals surface area contributed by atoms with Crippen LogP contribution in [0.15, 0.2) is 12.5 Å². The van der Waals surface area contributed by atoms with Gasteiger partial charge in [-0.1, -0.05) is 0 Å². The average molecular weight is 302 g/mol. The molecule has 5 rings (SSSR count). The van der Waals surface area contributed by atoms with Gasteiger partial charge in [0.1, 0.15) is 23.8 Å². The molecule has 4 heterocycles. The van der Waals surface area contributed by atoms with Crippen LogP contribution in [0.5, 0.6) is 6.01 Å². The summed E-state index contributed by atoms with van der Waals surface area (Å²) in [5.41, 5.74) is 1.50. The van der Waals surface area contributed by atoms with Crippen LogP contribution < -0.4 is 4.74 Å². The fourth-order valence-corrected chi connectivity index (χ4v) is 3.55. The number of ether oxygens (including phenoxy) is 3. The molecule has 0 unspecified atom stereocenters. The highest BCUT2D eigenvalue weighted by molar-refractivity contribution is 5.69. The summed E-state index contributed by atoms with van der Waals surface area (Å²) >= 11 is 0. The number of hydrogen-bond donors (Lipinski definition) is 0. The van der Waals surface area contributed by atoms with Crippen molar-refractivity contribution in [2.75, 3.05) is 0 Å². The maximum atomic E-state index is 5.95. The zero-order valence-electron chi connectivity index (χ0n) is 12.4. The Bertz CT molecular complexity index is 712. The van der Waals surface area contributed by atoms with E-state index in [1.165, 1.54) is 12.8 Å². The molecule has 22 heavy (non-hydrogen) atoms. The zero-order valence-corrected chi connectivity index (χ0v) is 12.4. The molecule has 2 aliphatic heterocycles. The number of nitrogens with zero attached hydrogens (tertiary/aromatic N) is 4. The van der Waals surface area contributed by atoms with Crippen LogP contribution in [0.3, 0.4) is 0 Å². The Kier molecular flexibility index (Phi) is 2.69. The van der Waals surface area contributed by atoms with Crippen molar-refractivity contribution in [2.45, 2.75) is 63.3 Å². The van der Waals surface area contributed by atoms with Crippen molar-refractivity contribution in [1.82, 2.24) is 19.5 Å². The van der Waals surface area contributed by atoms with E-state index in [4.69, 9.17) is 14.2 Å². The fourth-order valence-electron chi connectivity index (χ4n) is 3.55. The van der Waals surface area contributed by atoms with Crippen LogP contribution in [0.2, 0.25) is 0 Å². The highest BCUT2D eigenvalue weighted by atomic mass is 16.7. The molecule has 0 amide bonds. The average Bonchev–Trinajstić information content (AvgIpc) is 2.84. The van der Waals surface area contributed by atoms with Crippen molar-refractivity contribution in [1.29, 1.82) is 0 Å². The summed E-state index contributed by atoms with van der Waals surface area (Å²) in [5, 5.41) is 0. The molecule has 0 N–H and O–H groups in total. The van der Waals surface area contributed by atoms with Crippen molar-refractivity contribution in [3.63, 3.8) is 0 Å². The Morgan fingerprint density at radius 1 is 1.18 bits per heavy atom. The minimum Gasteiger partial charge on any atom is -0.460 e. The van der Waals surface area contributed by atoms with E-state index in [1.54, 1.807) is 12.5 Å². The van der Waals surface area contributed by atoms with Gasteiger partial charge in [-0.25, -0.2) is 9.97 Å². The summed E-state index contributed by atoms with van der Waals surface area (Å²) < 4.78 is 19.4. The van der Waals surface area contributed by atoms with E-state index in [0.29, 0.717) is 6.01 Å². The van der Waals surface area contributed by atoms with Gasteiger partial charge < -0.3 is 14.2 Å². The van der Waals surface area contributed by atoms with Gasteiger partial charge in [-0.2, -0.15) is 4.98 Å². The Labute approximate surface area is 127 Å². The highest BCUT2D eigenvalue weighted by Gasteiger charge is 2.57. The molecule has 7 nitrogen and oxygen atoms in total. The van der Waals surface area contributed by atoms with Crippen molar-refractivity contribution in [3.8, 4) is 6.01 Å². The van der Waals surface area contributed by atoms with Crippen molar-refractivity contribution >= 4 is 11.2 Å². The van der Waals surface area contributed by atoms with Crippen LogP contribution in [0.25, 0.3) is 11.2 Å². The van der Waals surface area contributed by atoms with Crippen LogP contribution in [0.4, 0.5) is 0 Å². The summed E-state index contributed by atoms with van der Waals surface area (Å²) in [6.07, 6.45) is 8.60. The van der Waals surface area contributed by atoms with E-state index in [0.717, 1.165) is 24.0 Å². The maximum absolute atomic E-state index is 5.95. The molecule has 0 aromatic carbocycles. The van der Waals surface area contributed by atoms with Crippen molar-refractivity contribution in [2.24, 2.45) is 0 Å². The first-order valence-corrected chi connectivity index (χ1v) is 7.97. The molecule has 7 heteroatoms. The minimum absolute atomic E-state index is 0.113. The number of aromatic nitrogens is 4. The van der Waals surface area contributed by atoms with Crippen LogP contribution in [-0.4, -0.2) is 43.9 Å². The van der Waals surface area contributed by atoms with Crippen LogP contribution >= 0.6 is 0 Å². The molecule has 0 bridgehead atoms. The zero-order chi connectivity index (χ0) is 14.7. The second kappa shape index (κ2) is 4.63. The summed E-state index contributed by atoms with van der Waals surface area (Å²) in [4.78, 5) is 13.2. The lowest BCUT2D eigenvalue weighted by Crippen LogP contribution is -2.17. The molecule has 3 fully saturated rings. The van der Waals surface area contributed by atoms with Gasteiger partial charge in [-0.05, 0) is 32.6 Å². The van der Waals surface area contributed by atoms with E-state index in [2.05, 4.69) is 15.0 Å². The monoisotopic (exact) mass is 302 g/mol. The normalized spacial score (nSPS) is 34.2. The molecule has 0 spiro atoms. The van der Waals surface area contributed by atoms with Gasteiger partial charge in [-0.15, -0.1) is 0 Å². The van der Waals surface area contributed by atoms with E-state index in [1.807, 2.05) is 11.5 Å². The summed E-state index contributed by atoms with van der Waals surface area (Å²) in [5.74, 6) is 0. The van der Waals surface area contributed by atoms with E-state index in [-0.39, 0.29) is 30.6 Å². The van der Waals surface area contributed by atoms with Crippen molar-refractivity contribution < 1.29 is 14.2 Å². The Balaban J connectivity index is 1.47. The minimum atomic E-state index is -0.153. The highest BCUT2D eigenvalue weighted by Crippen LogP contribution is 2.45. The van der Waals surface area contributed by atoms with Gasteiger partial charge in [0.2, 0.25) is 0 Å². The Hall–Kier alpha value is -1.73. The van der Waals surface area contributed by atoms with Crippen LogP contribution in [0, 0.1) is 0 Å². The predicted molar refractivity (Wildman–Crippen MR) is 76.5 cm³/mol. The molecule has 1 saturated carbocycles. The van der Waals surface area contributed by atoms with E-state index >= 15 is 0 Å². The lowest BCUT2D eigenvalue weighted by molar-refractivity contribution is -0.0569. The van der Waals surface area contributed by atoms with Crippen LogP contribution in [-0.2, 0) is 9.47 Å². The predicted octanol–water partition coefficient (Wildman–Crippen LogP) is 1.83. The number of fused-ring (bicyclic) bond motifs is 2. The molecule has 3 aliphatic rings. The van der Waals surface area contributed by atoms with Gasteiger partial charge in [-0.3, -0.25) is 4.57 Å². The molecule has 116 valence electrons. The summed E-state index contributed by atoms with van der Waals surface area (Å²) in [6.45, 7) is 2.04. The topological polar surface area (TPSA) is 74.6 Å². The lowest BCUT2D eigenvalue weighted by Gasteiger charge is -2.16. The first-order chi connectivity index (χ1) is 10.8. The first-order valence-electron chi connectivity index (χ1n) is 7.97. The molecule has 2 aromatic rings. The van der Waals surface area contributed by atoms with Crippen LogP contribution in [0.1, 0.15) is 38.8 Å². The maximum Gasteiger partial charge on any atom is 0.318 e. The number of imidazole rings is 1.